The van der Waals surface area contributed by atoms with Crippen LogP contribution in [0.5, 0.6) is 0 Å². The number of nitrogens with one attached hydrogen (secondary N) is 2. The normalized spacial score (nSPS) is 21.2. The lowest BCUT2D eigenvalue weighted by atomic mass is 10.1. The molecular weight excluding hydrogens is 234 g/mol. The molecule has 2 N–H and O–H groups in total. The number of hydrogen-bond donors (Lipinski definition) is 2. The molecule has 0 bridgehead atoms. The summed E-state index contributed by atoms with van der Waals surface area (Å²) in [7, 11) is 3.33. The van der Waals surface area contributed by atoms with Crippen LogP contribution < -0.4 is 10.6 Å². The Morgan fingerprint density at radius 1 is 1.56 bits per heavy atom. The Morgan fingerprint density at radius 2 is 2.28 bits per heavy atom. The maximum absolute atomic E-state index is 12.0. The highest BCUT2D eigenvalue weighted by atomic mass is 16.5. The van der Waals surface area contributed by atoms with E-state index in [9.17, 15) is 9.59 Å². The van der Waals surface area contributed by atoms with E-state index in [0.29, 0.717) is 26.2 Å². The van der Waals surface area contributed by atoms with Gasteiger partial charge < -0.3 is 20.3 Å². The molecule has 0 saturated carbocycles. The highest BCUT2D eigenvalue weighted by molar-refractivity contribution is 5.80. The SMILES string of the molecule is CNC(=O)C(C)CN(C)C(=O)CC1COCCN1. The molecule has 0 aromatic heterocycles. The summed E-state index contributed by atoms with van der Waals surface area (Å²) >= 11 is 0. The van der Waals surface area contributed by atoms with E-state index in [0.717, 1.165) is 6.54 Å². The van der Waals surface area contributed by atoms with Gasteiger partial charge in [-0.3, -0.25) is 9.59 Å². The summed E-state index contributed by atoms with van der Waals surface area (Å²) in [5, 5.41) is 5.82. The molecule has 1 rings (SSSR count). The second-order valence-corrected chi connectivity index (χ2v) is 4.72. The third-order valence-electron chi connectivity index (χ3n) is 3.09. The number of hydrogen-bond acceptors (Lipinski definition) is 4. The smallest absolute Gasteiger partial charge is 0.224 e. The molecule has 2 amide bonds. The predicted octanol–water partition coefficient (Wildman–Crippen LogP) is -0.795. The van der Waals surface area contributed by atoms with Crippen molar-refractivity contribution in [2.45, 2.75) is 19.4 Å². The predicted molar refractivity (Wildman–Crippen MR) is 68.1 cm³/mol. The lowest BCUT2D eigenvalue weighted by molar-refractivity contribution is -0.133. The minimum absolute atomic E-state index is 0.0359. The van der Waals surface area contributed by atoms with E-state index in [4.69, 9.17) is 4.74 Å². The second kappa shape index (κ2) is 7.33. The first kappa shape index (κ1) is 14.9. The molecule has 18 heavy (non-hydrogen) atoms. The summed E-state index contributed by atoms with van der Waals surface area (Å²) in [6, 6.07) is 0.0870. The monoisotopic (exact) mass is 257 g/mol. The van der Waals surface area contributed by atoms with Crippen LogP contribution in [-0.2, 0) is 14.3 Å². The maximum Gasteiger partial charge on any atom is 0.224 e. The van der Waals surface area contributed by atoms with Gasteiger partial charge in [0.25, 0.3) is 0 Å². The first-order valence-electron chi connectivity index (χ1n) is 6.31. The van der Waals surface area contributed by atoms with Crippen molar-refractivity contribution < 1.29 is 14.3 Å². The van der Waals surface area contributed by atoms with Crippen LogP contribution in [0.15, 0.2) is 0 Å². The molecule has 0 radical (unpaired) electrons. The molecule has 1 saturated heterocycles. The maximum atomic E-state index is 12.0. The number of morpholine rings is 1. The van der Waals surface area contributed by atoms with Crippen LogP contribution >= 0.6 is 0 Å². The third-order valence-corrected chi connectivity index (χ3v) is 3.09. The molecule has 0 aromatic carbocycles. The van der Waals surface area contributed by atoms with Gasteiger partial charge >= 0.3 is 0 Å². The molecule has 1 heterocycles. The van der Waals surface area contributed by atoms with Gasteiger partial charge in [0.05, 0.1) is 19.1 Å². The van der Waals surface area contributed by atoms with Gasteiger partial charge in [0.2, 0.25) is 11.8 Å². The van der Waals surface area contributed by atoms with Crippen LogP contribution in [0.4, 0.5) is 0 Å². The molecule has 0 aliphatic carbocycles. The van der Waals surface area contributed by atoms with Crippen LogP contribution in [0, 0.1) is 5.92 Å². The van der Waals surface area contributed by atoms with Gasteiger partial charge in [-0.2, -0.15) is 0 Å². The topological polar surface area (TPSA) is 70.7 Å². The van der Waals surface area contributed by atoms with Crippen molar-refractivity contribution in [1.82, 2.24) is 15.5 Å². The molecule has 1 fully saturated rings. The molecule has 0 aromatic rings. The number of rotatable bonds is 5. The highest BCUT2D eigenvalue weighted by Gasteiger charge is 2.21. The van der Waals surface area contributed by atoms with E-state index in [1.807, 2.05) is 6.92 Å². The van der Waals surface area contributed by atoms with Gasteiger partial charge in [-0.1, -0.05) is 6.92 Å². The van der Waals surface area contributed by atoms with Gasteiger partial charge in [-0.05, 0) is 0 Å². The van der Waals surface area contributed by atoms with Crippen LogP contribution in [0.1, 0.15) is 13.3 Å². The minimum Gasteiger partial charge on any atom is -0.378 e. The fourth-order valence-corrected chi connectivity index (χ4v) is 1.96. The lowest BCUT2D eigenvalue weighted by Gasteiger charge is -2.26. The van der Waals surface area contributed by atoms with Gasteiger partial charge in [-0.25, -0.2) is 0 Å². The lowest BCUT2D eigenvalue weighted by Crippen LogP contribution is -2.45. The summed E-state index contributed by atoms with van der Waals surface area (Å²) in [5.74, 6) is -0.206. The third kappa shape index (κ3) is 4.62. The summed E-state index contributed by atoms with van der Waals surface area (Å²) in [5.41, 5.74) is 0. The van der Waals surface area contributed by atoms with Crippen molar-refractivity contribution >= 4 is 11.8 Å². The van der Waals surface area contributed by atoms with Crippen molar-refractivity contribution in [2.75, 3.05) is 40.4 Å². The summed E-state index contributed by atoms with van der Waals surface area (Å²) < 4.78 is 5.30. The van der Waals surface area contributed by atoms with Gasteiger partial charge in [0, 0.05) is 39.6 Å². The van der Waals surface area contributed by atoms with Crippen LogP contribution in [0.2, 0.25) is 0 Å². The standard InChI is InChI=1S/C12H23N3O3/c1-9(12(17)13-2)7-15(3)11(16)6-10-8-18-5-4-14-10/h9-10,14H,4-8H2,1-3H3,(H,13,17). The Bertz CT molecular complexity index is 290. The number of carbonyl (C=O) groups is 2. The van der Waals surface area contributed by atoms with Crippen molar-refractivity contribution in [1.29, 1.82) is 0 Å². The molecule has 104 valence electrons. The molecule has 6 heteroatoms. The van der Waals surface area contributed by atoms with Gasteiger partial charge in [0.15, 0.2) is 0 Å². The van der Waals surface area contributed by atoms with Crippen LogP contribution in [-0.4, -0.2) is 63.2 Å². The molecule has 2 unspecified atom stereocenters. The Balaban J connectivity index is 2.33. The highest BCUT2D eigenvalue weighted by Crippen LogP contribution is 2.04. The Hall–Kier alpha value is -1.14. The van der Waals surface area contributed by atoms with Gasteiger partial charge in [0.1, 0.15) is 0 Å². The summed E-state index contributed by atoms with van der Waals surface area (Å²) in [6.07, 6.45) is 0.414. The molecule has 1 aliphatic heterocycles. The summed E-state index contributed by atoms with van der Waals surface area (Å²) in [4.78, 5) is 24.9. The van der Waals surface area contributed by atoms with Gasteiger partial charge in [-0.15, -0.1) is 0 Å². The molecule has 6 nitrogen and oxygen atoms in total. The first-order chi connectivity index (χ1) is 8.54. The van der Waals surface area contributed by atoms with Crippen molar-refractivity contribution in [3.8, 4) is 0 Å². The molecule has 0 spiro atoms. The van der Waals surface area contributed by atoms with E-state index in [2.05, 4.69) is 10.6 Å². The number of amides is 2. The average molecular weight is 257 g/mol. The van der Waals surface area contributed by atoms with E-state index < -0.39 is 0 Å². The fraction of sp³-hybridized carbons (Fsp3) is 0.833. The van der Waals surface area contributed by atoms with E-state index in [1.54, 1.807) is 19.0 Å². The van der Waals surface area contributed by atoms with Crippen LogP contribution in [0.25, 0.3) is 0 Å². The first-order valence-corrected chi connectivity index (χ1v) is 6.31. The number of carbonyl (C=O) groups excluding carboxylic acids is 2. The zero-order valence-electron chi connectivity index (χ0n) is 11.4. The molecule has 2 atom stereocenters. The van der Waals surface area contributed by atoms with Crippen LogP contribution in [0.3, 0.4) is 0 Å². The Labute approximate surface area is 108 Å². The fourth-order valence-electron chi connectivity index (χ4n) is 1.96. The second-order valence-electron chi connectivity index (χ2n) is 4.72. The molecular formula is C12H23N3O3. The van der Waals surface area contributed by atoms with E-state index >= 15 is 0 Å². The van der Waals surface area contributed by atoms with E-state index in [-0.39, 0.29) is 23.8 Å². The minimum atomic E-state index is -0.195. The number of nitrogens with zero attached hydrogens (tertiary/aromatic N) is 1. The summed E-state index contributed by atoms with van der Waals surface area (Å²) in [6.45, 7) is 4.31. The van der Waals surface area contributed by atoms with Crippen molar-refractivity contribution in [3.63, 3.8) is 0 Å². The zero-order chi connectivity index (χ0) is 13.5. The molecule has 1 aliphatic rings. The van der Waals surface area contributed by atoms with Crippen molar-refractivity contribution in [3.05, 3.63) is 0 Å². The Kier molecular flexibility index (Phi) is 6.07. The number of ether oxygens (including phenoxy) is 1. The van der Waals surface area contributed by atoms with Crippen molar-refractivity contribution in [2.24, 2.45) is 5.92 Å². The average Bonchev–Trinajstić information content (AvgIpc) is 2.38. The largest absolute Gasteiger partial charge is 0.378 e. The Morgan fingerprint density at radius 3 is 2.83 bits per heavy atom. The van der Waals surface area contributed by atoms with E-state index in [1.165, 1.54) is 0 Å². The quantitative estimate of drug-likeness (QED) is 0.677. The zero-order valence-corrected chi connectivity index (χ0v) is 11.4.